The first-order chi connectivity index (χ1) is 11.2. The molecule has 1 amide bonds. The number of ether oxygens (including phenoxy) is 1. The molecule has 2 aliphatic carbocycles. The highest BCUT2D eigenvalue weighted by molar-refractivity contribution is 5.91. The molecule has 2 saturated carbocycles. The van der Waals surface area contributed by atoms with Gasteiger partial charge in [0, 0.05) is 12.6 Å². The lowest BCUT2D eigenvalue weighted by Crippen LogP contribution is -2.51. The SMILES string of the molecule is O=C(N[C@H]1CCOC2(CCCCC2)C1)C1(c2ccccc2)CC1. The zero-order valence-electron chi connectivity index (χ0n) is 13.9. The molecule has 124 valence electrons. The van der Waals surface area contributed by atoms with E-state index < -0.39 is 0 Å². The van der Waals surface area contributed by atoms with E-state index in [0.717, 1.165) is 32.3 Å². The molecule has 1 saturated heterocycles. The Morgan fingerprint density at radius 3 is 2.48 bits per heavy atom. The van der Waals surface area contributed by atoms with Gasteiger partial charge in [0.15, 0.2) is 0 Å². The van der Waals surface area contributed by atoms with Crippen molar-refractivity contribution in [2.75, 3.05) is 6.61 Å². The number of hydrogen-bond acceptors (Lipinski definition) is 2. The lowest BCUT2D eigenvalue weighted by Gasteiger charge is -2.44. The van der Waals surface area contributed by atoms with Gasteiger partial charge in [0.2, 0.25) is 5.91 Å². The van der Waals surface area contributed by atoms with Crippen LogP contribution < -0.4 is 5.32 Å². The van der Waals surface area contributed by atoms with Gasteiger partial charge < -0.3 is 10.1 Å². The number of nitrogens with one attached hydrogen (secondary N) is 1. The summed E-state index contributed by atoms with van der Waals surface area (Å²) < 4.78 is 6.15. The molecule has 3 aliphatic rings. The minimum atomic E-state index is -0.251. The molecule has 0 bridgehead atoms. The number of amides is 1. The van der Waals surface area contributed by atoms with E-state index in [2.05, 4.69) is 17.4 Å². The van der Waals surface area contributed by atoms with Gasteiger partial charge in [0.25, 0.3) is 0 Å². The van der Waals surface area contributed by atoms with Crippen LogP contribution in [0.4, 0.5) is 0 Å². The van der Waals surface area contributed by atoms with Gasteiger partial charge in [-0.05, 0) is 44.1 Å². The highest BCUT2D eigenvalue weighted by Crippen LogP contribution is 2.48. The number of benzene rings is 1. The van der Waals surface area contributed by atoms with Crippen LogP contribution in [0, 0.1) is 0 Å². The van der Waals surface area contributed by atoms with Gasteiger partial charge in [-0.1, -0.05) is 49.6 Å². The summed E-state index contributed by atoms with van der Waals surface area (Å²) in [6, 6.07) is 10.6. The molecule has 1 N–H and O–H groups in total. The predicted octanol–water partition coefficient (Wildman–Crippen LogP) is 3.72. The van der Waals surface area contributed by atoms with Gasteiger partial charge in [0.1, 0.15) is 0 Å². The molecule has 3 nitrogen and oxygen atoms in total. The van der Waals surface area contributed by atoms with Gasteiger partial charge in [-0.3, -0.25) is 4.79 Å². The highest BCUT2D eigenvalue weighted by atomic mass is 16.5. The fourth-order valence-electron chi connectivity index (χ4n) is 4.55. The van der Waals surface area contributed by atoms with E-state index in [9.17, 15) is 4.79 Å². The Balaban J connectivity index is 1.43. The summed E-state index contributed by atoms with van der Waals surface area (Å²) in [5, 5.41) is 3.37. The van der Waals surface area contributed by atoms with Crippen molar-refractivity contribution in [1.82, 2.24) is 5.32 Å². The van der Waals surface area contributed by atoms with Crippen molar-refractivity contribution in [2.45, 2.75) is 74.8 Å². The van der Waals surface area contributed by atoms with E-state index in [1.807, 2.05) is 18.2 Å². The van der Waals surface area contributed by atoms with Crippen molar-refractivity contribution >= 4 is 5.91 Å². The molecule has 1 aromatic carbocycles. The maximum atomic E-state index is 12.9. The van der Waals surface area contributed by atoms with E-state index >= 15 is 0 Å². The Hall–Kier alpha value is -1.35. The van der Waals surface area contributed by atoms with Crippen LogP contribution in [0.15, 0.2) is 30.3 Å². The van der Waals surface area contributed by atoms with Gasteiger partial charge in [-0.25, -0.2) is 0 Å². The molecule has 4 rings (SSSR count). The molecule has 1 spiro atoms. The number of rotatable bonds is 3. The fourth-order valence-corrected chi connectivity index (χ4v) is 4.55. The van der Waals surface area contributed by atoms with Crippen molar-refractivity contribution in [3.8, 4) is 0 Å². The van der Waals surface area contributed by atoms with E-state index in [0.29, 0.717) is 0 Å². The molecule has 3 heteroatoms. The smallest absolute Gasteiger partial charge is 0.230 e. The molecule has 1 aromatic rings. The van der Waals surface area contributed by atoms with Crippen LogP contribution in [-0.4, -0.2) is 24.2 Å². The third-order valence-electron chi connectivity index (χ3n) is 6.10. The molecular weight excluding hydrogens is 286 g/mol. The third kappa shape index (κ3) is 2.91. The average Bonchev–Trinajstić information content (AvgIpc) is 3.38. The zero-order valence-corrected chi connectivity index (χ0v) is 13.9. The van der Waals surface area contributed by atoms with Gasteiger partial charge in [0.05, 0.1) is 11.0 Å². The molecule has 0 aromatic heterocycles. The Kier molecular flexibility index (Phi) is 3.92. The minimum absolute atomic E-state index is 0.0535. The lowest BCUT2D eigenvalue weighted by atomic mass is 9.78. The molecule has 1 aliphatic heterocycles. The second-order valence-electron chi connectivity index (χ2n) is 7.70. The van der Waals surface area contributed by atoms with Crippen molar-refractivity contribution < 1.29 is 9.53 Å². The second kappa shape index (κ2) is 5.94. The Morgan fingerprint density at radius 1 is 1.04 bits per heavy atom. The molecule has 0 unspecified atom stereocenters. The van der Waals surface area contributed by atoms with Crippen molar-refractivity contribution in [3.63, 3.8) is 0 Å². The quantitative estimate of drug-likeness (QED) is 0.923. The monoisotopic (exact) mass is 313 g/mol. The molecule has 1 atom stereocenters. The molecular formula is C20H27NO2. The van der Waals surface area contributed by atoms with Crippen LogP contribution in [0.1, 0.15) is 63.4 Å². The highest BCUT2D eigenvalue weighted by Gasteiger charge is 2.52. The van der Waals surface area contributed by atoms with Gasteiger partial charge in [-0.15, -0.1) is 0 Å². The standard InChI is InChI=1S/C20H27NO2/c22-18(20(12-13-20)16-7-3-1-4-8-16)21-17-9-14-23-19(15-17)10-5-2-6-11-19/h1,3-4,7-8,17H,2,5-6,9-15H2,(H,21,22)/t17-/m0/s1. The number of carbonyl (C=O) groups excluding carboxylic acids is 1. The molecule has 3 fully saturated rings. The van der Waals surface area contributed by atoms with E-state index in [4.69, 9.17) is 4.74 Å². The van der Waals surface area contributed by atoms with Crippen LogP contribution in [0.2, 0.25) is 0 Å². The molecule has 23 heavy (non-hydrogen) atoms. The van der Waals surface area contributed by atoms with Gasteiger partial charge in [-0.2, -0.15) is 0 Å². The number of hydrogen-bond donors (Lipinski definition) is 1. The number of carbonyl (C=O) groups is 1. The summed E-state index contributed by atoms with van der Waals surface area (Å²) in [6.45, 7) is 0.795. The second-order valence-corrected chi connectivity index (χ2v) is 7.70. The van der Waals surface area contributed by atoms with Crippen molar-refractivity contribution in [3.05, 3.63) is 35.9 Å². The van der Waals surface area contributed by atoms with Gasteiger partial charge >= 0.3 is 0 Å². The summed E-state index contributed by atoms with van der Waals surface area (Å²) in [5.74, 6) is 0.238. The van der Waals surface area contributed by atoms with Crippen LogP contribution in [0.25, 0.3) is 0 Å². The van der Waals surface area contributed by atoms with Crippen LogP contribution in [0.3, 0.4) is 0 Å². The topological polar surface area (TPSA) is 38.3 Å². The summed E-state index contributed by atoms with van der Waals surface area (Å²) >= 11 is 0. The normalized spacial score (nSPS) is 28.3. The molecule has 1 heterocycles. The minimum Gasteiger partial charge on any atom is -0.375 e. The van der Waals surface area contributed by atoms with E-state index in [1.54, 1.807) is 0 Å². The van der Waals surface area contributed by atoms with E-state index in [1.165, 1.54) is 37.7 Å². The van der Waals surface area contributed by atoms with E-state index in [-0.39, 0.29) is 23.0 Å². The predicted molar refractivity (Wildman–Crippen MR) is 90.3 cm³/mol. The van der Waals surface area contributed by atoms with Crippen LogP contribution >= 0.6 is 0 Å². The first kappa shape index (κ1) is 15.2. The Labute approximate surface area is 138 Å². The Morgan fingerprint density at radius 2 is 1.78 bits per heavy atom. The largest absolute Gasteiger partial charge is 0.375 e. The van der Waals surface area contributed by atoms with Crippen LogP contribution in [0.5, 0.6) is 0 Å². The lowest BCUT2D eigenvalue weighted by molar-refractivity contribution is -0.130. The van der Waals surface area contributed by atoms with Crippen LogP contribution in [-0.2, 0) is 14.9 Å². The summed E-state index contributed by atoms with van der Waals surface area (Å²) in [6.07, 6.45) is 10.1. The zero-order chi connectivity index (χ0) is 15.8. The first-order valence-corrected chi connectivity index (χ1v) is 9.23. The maximum absolute atomic E-state index is 12.9. The van der Waals surface area contributed by atoms with Crippen molar-refractivity contribution in [1.29, 1.82) is 0 Å². The third-order valence-corrected chi connectivity index (χ3v) is 6.10. The molecule has 0 radical (unpaired) electrons. The summed E-state index contributed by atoms with van der Waals surface area (Å²) in [4.78, 5) is 12.9. The summed E-state index contributed by atoms with van der Waals surface area (Å²) in [5.41, 5.74) is 0.980. The first-order valence-electron chi connectivity index (χ1n) is 9.23. The summed E-state index contributed by atoms with van der Waals surface area (Å²) in [7, 11) is 0. The van der Waals surface area contributed by atoms with Crippen molar-refractivity contribution in [2.24, 2.45) is 0 Å². The maximum Gasteiger partial charge on any atom is 0.230 e. The Bertz CT molecular complexity index is 553. The average molecular weight is 313 g/mol. The fraction of sp³-hybridized carbons (Fsp3) is 0.650.